The lowest BCUT2D eigenvalue weighted by Crippen LogP contribution is -2.54. The van der Waals surface area contributed by atoms with Crippen molar-refractivity contribution in [2.24, 2.45) is 53.1 Å². The van der Waals surface area contributed by atoms with Gasteiger partial charge in [-0.05, 0) is 105 Å². The van der Waals surface area contributed by atoms with E-state index >= 15 is 0 Å². The smallest absolute Gasteiger partial charge is 0.410 e. The highest BCUT2D eigenvalue weighted by Crippen LogP contribution is 2.34. The van der Waals surface area contributed by atoms with Gasteiger partial charge in [-0.25, -0.2) is 9.59 Å². The minimum absolute atomic E-state index is 0.0134. The predicted octanol–water partition coefficient (Wildman–Crippen LogP) is 8.22. The van der Waals surface area contributed by atoms with Crippen molar-refractivity contribution in [1.29, 1.82) is 0 Å². The number of anilines is 1. The van der Waals surface area contributed by atoms with Gasteiger partial charge >= 0.3 is 12.1 Å². The second kappa shape index (κ2) is 49.3. The number of benzene rings is 2. The molecule has 3 rings (SSSR count). The van der Waals surface area contributed by atoms with Gasteiger partial charge < -0.3 is 71.7 Å². The van der Waals surface area contributed by atoms with Gasteiger partial charge in [0.05, 0.1) is 60.7 Å². The van der Waals surface area contributed by atoms with E-state index in [4.69, 9.17) is 19.9 Å². The van der Waals surface area contributed by atoms with Crippen LogP contribution in [0.5, 0.6) is 0 Å². The van der Waals surface area contributed by atoms with Crippen LogP contribution in [0, 0.1) is 47.3 Å². The maximum Gasteiger partial charge on any atom is 0.410 e. The molecule has 7 unspecified atom stereocenters. The SMILES string of the molecule is CCC(=O)NC(CSC(CC(=O)NCCCCCC(=O)NC(C(=O)CC(CCCNC(N)=O)C(=O)Nc1ccc(COC(=O)N(C)[C@@H](C(=O)C[C@H](C(=O)N(C)[C@@H](C(C)CC)C(CC(=O)N2CCC[C@H]2[C@H](OC)C(C)C(=O)C[C@H](C)[C@@H](O)c2ccccc2)OC)C(C)C)C(C)C)cc1)C(C)C)C(C)=O)C(=O)NCC(C)=O. The molecule has 2 aromatic rings. The van der Waals surface area contributed by atoms with Crippen LogP contribution in [-0.4, -0.2) is 210 Å². The zero-order valence-electron chi connectivity index (χ0n) is 68.1. The summed E-state index contributed by atoms with van der Waals surface area (Å²) in [6.07, 6.45) is 0.489. The number of hydrogen-bond donors (Lipinski definition) is 8. The quantitative estimate of drug-likeness (QED) is 0.0289. The molecule has 1 aliphatic rings. The fourth-order valence-electron chi connectivity index (χ4n) is 14.0. The van der Waals surface area contributed by atoms with Gasteiger partial charge in [0, 0.05) is 116 Å². The number of nitrogens with zero attached hydrogens (tertiary/aromatic N) is 3. The number of aliphatic hydroxyl groups is 1. The molecule has 14 atom stereocenters. The van der Waals surface area contributed by atoms with E-state index in [0.717, 1.165) is 17.3 Å². The Bertz CT molecular complexity index is 3340. The molecule has 0 spiro atoms. The van der Waals surface area contributed by atoms with Crippen molar-refractivity contribution in [3.63, 3.8) is 0 Å². The lowest BCUT2D eigenvalue weighted by Gasteiger charge is -2.41. The monoisotopic (exact) mass is 1560 g/mol. The topological polar surface area (TPSA) is 395 Å². The Morgan fingerprint density at radius 3 is 1.89 bits per heavy atom. The summed E-state index contributed by atoms with van der Waals surface area (Å²) in [7, 11) is 6.21. The van der Waals surface area contributed by atoms with E-state index in [1.54, 1.807) is 82.8 Å². The molecule has 0 saturated carbocycles. The number of carbonyl (C=O) groups excluding carboxylic acids is 14. The van der Waals surface area contributed by atoms with Crippen molar-refractivity contribution >= 4 is 99.8 Å². The van der Waals surface area contributed by atoms with Gasteiger partial charge in [0.15, 0.2) is 11.6 Å². The van der Waals surface area contributed by atoms with Crippen LogP contribution >= 0.6 is 11.8 Å². The third-order valence-electron chi connectivity index (χ3n) is 20.7. The van der Waals surface area contributed by atoms with E-state index in [-0.39, 0.29) is 160 Å². The Labute approximate surface area is 655 Å². The number of methoxy groups -OCH3 is 2. The number of nitrogens with one attached hydrogen (secondary N) is 6. The summed E-state index contributed by atoms with van der Waals surface area (Å²) < 4.78 is 17.9. The molecular formula is C81H128N10O18S. The predicted molar refractivity (Wildman–Crippen MR) is 422 cm³/mol. The van der Waals surface area contributed by atoms with Crippen molar-refractivity contribution in [3.05, 3.63) is 65.7 Å². The molecular weight excluding hydrogens is 1430 g/mol. The fourth-order valence-corrected chi connectivity index (χ4v) is 15.2. The molecule has 29 heteroatoms. The van der Waals surface area contributed by atoms with Gasteiger partial charge in [0.2, 0.25) is 41.4 Å². The van der Waals surface area contributed by atoms with Gasteiger partial charge in [0.25, 0.3) is 0 Å². The average molecular weight is 1560 g/mol. The number of Topliss-reactive ketones (excluding diaryl/α,β-unsaturated/α-hetero) is 5. The normalized spacial score (nSPS) is 16.4. The Hall–Kier alpha value is -8.15. The van der Waals surface area contributed by atoms with Gasteiger partial charge in [0.1, 0.15) is 30.0 Å². The molecule has 1 heterocycles. The highest BCUT2D eigenvalue weighted by Gasteiger charge is 2.44. The molecule has 10 amide bonds. The van der Waals surface area contributed by atoms with Gasteiger partial charge in [-0.3, -0.25) is 57.5 Å². The number of rotatable bonds is 52. The van der Waals surface area contributed by atoms with Crippen LogP contribution in [-0.2, 0) is 78.4 Å². The Kier molecular flexibility index (Phi) is 43.0. The summed E-state index contributed by atoms with van der Waals surface area (Å²) in [6, 6.07) is 11.0. The number of likely N-dealkylation sites (N-methyl/N-ethyl adjacent to an activating group) is 2. The zero-order chi connectivity index (χ0) is 82.6. The number of likely N-dealkylation sites (tertiary alicyclic amines) is 1. The van der Waals surface area contributed by atoms with Gasteiger partial charge in [-0.15, -0.1) is 11.8 Å². The lowest BCUT2D eigenvalue weighted by atomic mass is 9.83. The zero-order valence-corrected chi connectivity index (χ0v) is 68.9. The fraction of sp³-hybridized carbons (Fsp3) is 0.679. The van der Waals surface area contributed by atoms with E-state index in [9.17, 15) is 72.2 Å². The first-order valence-electron chi connectivity index (χ1n) is 38.9. The summed E-state index contributed by atoms with van der Waals surface area (Å²) in [4.78, 5) is 191. The molecule has 0 bridgehead atoms. The maximum absolute atomic E-state index is 14.9. The summed E-state index contributed by atoms with van der Waals surface area (Å²) in [5.74, 6) is -8.08. The number of ketones is 5. The van der Waals surface area contributed by atoms with E-state index in [0.29, 0.717) is 56.3 Å². The number of hydrogen-bond acceptors (Lipinski definition) is 19. The van der Waals surface area contributed by atoms with Crippen LogP contribution in [0.4, 0.5) is 15.3 Å². The molecule has 0 aliphatic carbocycles. The summed E-state index contributed by atoms with van der Waals surface area (Å²) in [5.41, 5.74) is 6.92. The van der Waals surface area contributed by atoms with Crippen LogP contribution in [0.25, 0.3) is 0 Å². The van der Waals surface area contributed by atoms with E-state index in [1.807, 2.05) is 71.9 Å². The molecule has 1 saturated heterocycles. The van der Waals surface area contributed by atoms with Crippen LogP contribution in [0.15, 0.2) is 54.6 Å². The number of urea groups is 1. The molecule has 616 valence electrons. The maximum atomic E-state index is 14.9. The standard InChI is InChI=1S/C81H128N10O18S/c1-18-51(9)74(66(107-16)43-71(100)91-39-27-31-62(91)76(108-17)54(12)63(94)40-52(10)75(101)57-28-22-20-23-29-57)89(14)79(104)60(48(3)4)42-65(96)73(50(7)8)90(15)81(106)109-46-56-33-35-59(36-34-56)86-77(102)58(30-26-38-84-80(82)105)41-64(95)72(49(5)6)88-69(98)32-24-21-25-37-83-70(99)44-67(55(13)93)110-47-61(87-68(97)19-2)78(103)85-45-53(11)92/h20,22-23,28-29,33-36,48-52,54,58,60-62,66-67,72-76,101H,18-19,21,24-27,30-32,37-47H2,1-17H3,(H,83,99)(H,85,103)(H,86,102)(H,87,97)(H,88,98)(H3,82,84,105)/t51?,52-,54?,58?,60-,61?,62-,66?,67?,72?,73+,74-,75+,76+/m0/s1. The van der Waals surface area contributed by atoms with Crippen molar-refractivity contribution in [2.75, 3.05) is 65.6 Å². The number of unbranched alkanes of at least 4 members (excludes halogenated alkanes) is 2. The summed E-state index contributed by atoms with van der Waals surface area (Å²) >= 11 is 1.05. The van der Waals surface area contributed by atoms with Crippen LogP contribution < -0.4 is 37.6 Å². The number of primary amides is 1. The molecule has 2 aromatic carbocycles. The molecule has 110 heavy (non-hydrogen) atoms. The molecule has 1 fully saturated rings. The van der Waals surface area contributed by atoms with Crippen molar-refractivity contribution in [2.45, 2.75) is 247 Å². The first-order valence-corrected chi connectivity index (χ1v) is 40.0. The molecule has 1 aliphatic heterocycles. The van der Waals surface area contributed by atoms with E-state index in [1.165, 1.54) is 32.9 Å². The van der Waals surface area contributed by atoms with Crippen molar-refractivity contribution < 1.29 is 86.4 Å². The Balaban J connectivity index is 1.63. The first-order chi connectivity index (χ1) is 51.9. The van der Waals surface area contributed by atoms with E-state index in [2.05, 4.69) is 31.9 Å². The summed E-state index contributed by atoms with van der Waals surface area (Å²) in [6.45, 7) is 23.2. The highest BCUT2D eigenvalue weighted by atomic mass is 32.2. The van der Waals surface area contributed by atoms with Gasteiger partial charge in [-0.1, -0.05) is 131 Å². The number of nitrogens with two attached hydrogens (primary N) is 1. The van der Waals surface area contributed by atoms with Crippen molar-refractivity contribution in [3.8, 4) is 0 Å². The third kappa shape index (κ3) is 31.9. The average Bonchev–Trinajstić information content (AvgIpc) is 1.41. The number of amides is 10. The van der Waals surface area contributed by atoms with E-state index < -0.39 is 113 Å². The highest BCUT2D eigenvalue weighted by molar-refractivity contribution is 8.00. The molecule has 0 aromatic heterocycles. The number of ether oxygens (including phenoxy) is 3. The van der Waals surface area contributed by atoms with Crippen LogP contribution in [0.3, 0.4) is 0 Å². The Morgan fingerprint density at radius 2 is 1.32 bits per heavy atom. The van der Waals surface area contributed by atoms with Crippen LogP contribution in [0.1, 0.15) is 204 Å². The second-order valence-electron chi connectivity index (χ2n) is 30.4. The second-order valence-corrected chi connectivity index (χ2v) is 31.7. The minimum Gasteiger partial charge on any atom is -0.445 e. The van der Waals surface area contributed by atoms with Crippen LogP contribution in [0.2, 0.25) is 0 Å². The van der Waals surface area contributed by atoms with Gasteiger partial charge in [-0.2, -0.15) is 0 Å². The molecule has 9 N–H and O–H groups in total. The largest absolute Gasteiger partial charge is 0.445 e. The third-order valence-corrected chi connectivity index (χ3v) is 22.1. The first kappa shape index (κ1) is 96.1. The van der Waals surface area contributed by atoms with Crippen molar-refractivity contribution in [1.82, 2.24) is 41.3 Å². The number of thioether (sulfide) groups is 1. The number of carbonyl (C=O) groups is 14. The lowest BCUT2D eigenvalue weighted by molar-refractivity contribution is -0.149. The molecule has 28 nitrogen and oxygen atoms in total. The number of aliphatic hydroxyl groups excluding tert-OH is 1. The summed E-state index contributed by atoms with van der Waals surface area (Å²) in [5, 5.41) is 26.3. The molecule has 0 radical (unpaired) electrons. The Morgan fingerprint density at radius 1 is 0.664 bits per heavy atom. The minimum atomic E-state index is -1.03.